The van der Waals surface area contributed by atoms with Crippen molar-refractivity contribution in [1.29, 1.82) is 0 Å². The lowest BCUT2D eigenvalue weighted by Crippen LogP contribution is -2.61. The summed E-state index contributed by atoms with van der Waals surface area (Å²) in [6.07, 6.45) is 3.92. The van der Waals surface area contributed by atoms with E-state index in [1.807, 2.05) is 99.6 Å². The van der Waals surface area contributed by atoms with Crippen molar-refractivity contribution >= 4 is 57.2 Å². The summed E-state index contributed by atoms with van der Waals surface area (Å²) in [5, 5.41) is 0. The molecule has 2 nitrogen and oxygen atoms in total. The van der Waals surface area contributed by atoms with Gasteiger partial charge in [-0.1, -0.05) is 244 Å². The van der Waals surface area contributed by atoms with Gasteiger partial charge in [-0.3, -0.25) is 0 Å². The Hall–Kier alpha value is -7.36. The maximum Gasteiger partial charge on any atom is 0.252 e. The summed E-state index contributed by atoms with van der Waals surface area (Å²) >= 11 is 0. The van der Waals surface area contributed by atoms with E-state index < -0.39 is 131 Å². The smallest absolute Gasteiger partial charge is 0.252 e. The number of fused-ring (bicyclic) bond motifs is 4. The van der Waals surface area contributed by atoms with Crippen LogP contribution in [0.4, 0.5) is 34.1 Å². The monoisotopic (exact) mass is 967 g/mol. The zero-order valence-corrected chi connectivity index (χ0v) is 42.9. The van der Waals surface area contributed by atoms with Gasteiger partial charge >= 0.3 is 0 Å². The van der Waals surface area contributed by atoms with Gasteiger partial charge in [0.05, 0.1) is 36.0 Å². The zero-order chi connectivity index (χ0) is 66.1. The summed E-state index contributed by atoms with van der Waals surface area (Å²) in [6.45, 7) is 14.5. The van der Waals surface area contributed by atoms with E-state index in [4.69, 9.17) is 8.22 Å². The van der Waals surface area contributed by atoms with Gasteiger partial charge in [-0.15, -0.1) is 0 Å². The summed E-state index contributed by atoms with van der Waals surface area (Å²) in [6, 6.07) is 17.2. The van der Waals surface area contributed by atoms with Crippen molar-refractivity contribution in [2.45, 2.75) is 105 Å². The number of benzene rings is 9. The second-order valence-corrected chi connectivity index (χ2v) is 21.1. The van der Waals surface area contributed by atoms with Crippen LogP contribution in [0.3, 0.4) is 0 Å². The average Bonchev–Trinajstić information content (AvgIpc) is 0.667. The first kappa shape index (κ1) is 31.3. The van der Waals surface area contributed by atoms with Crippen LogP contribution in [0.2, 0.25) is 0 Å². The van der Waals surface area contributed by atoms with Gasteiger partial charge in [0.25, 0.3) is 6.71 Å². The number of hydrogen-bond donors (Lipinski definition) is 0. The molecule has 0 unspecified atom stereocenters. The largest absolute Gasteiger partial charge is 0.311 e. The van der Waals surface area contributed by atoms with Crippen LogP contribution >= 0.6 is 0 Å². The topological polar surface area (TPSA) is 6.48 Å². The summed E-state index contributed by atoms with van der Waals surface area (Å²) in [5.41, 5.74) is 2.50. The molecule has 0 radical (unpaired) electrons. The maximum absolute atomic E-state index is 11.0. The van der Waals surface area contributed by atoms with Crippen molar-refractivity contribution in [1.82, 2.24) is 0 Å². The molecule has 73 heavy (non-hydrogen) atoms. The van der Waals surface area contributed by atoms with E-state index in [-0.39, 0.29) is 62.2 Å². The van der Waals surface area contributed by atoms with Crippen LogP contribution in [0.5, 0.6) is 0 Å². The normalized spacial score (nSPS) is 16.4. The number of nitrogens with zero attached hydrogens (tertiary/aromatic N) is 2. The van der Waals surface area contributed by atoms with Crippen molar-refractivity contribution in [3.63, 3.8) is 0 Å². The fourth-order valence-electron chi connectivity index (χ4n) is 10.3. The van der Waals surface area contributed by atoms with E-state index in [0.29, 0.717) is 59.3 Å². The molecule has 0 atom stereocenters. The molecule has 9 aromatic carbocycles. The van der Waals surface area contributed by atoms with Crippen LogP contribution < -0.4 is 26.2 Å². The molecule has 3 heteroatoms. The molecule has 0 saturated heterocycles. The van der Waals surface area contributed by atoms with Gasteiger partial charge in [0, 0.05) is 33.9 Å². The SMILES string of the molecule is [2H]c1c([2H])c([2H])c(-c2c([2H])c([2H])c3c(c2[2H])B2c4c([2H])c(-c5c([2H])c([2H])c([2H])c([2H])c5[2H])c([2H])c([2H])c4N(c4c(-c5ccccc5)cccc4-c4ccccc4)c4c([2H])c(C(C)(C)C)c([2H])c(c42)N3c2c(CCCC)cc(C(C)(C)C)cc2CCCC)c([2H])c1[2H]. The molecule has 362 valence electrons. The molecule has 0 fully saturated rings. The Kier molecular flexibility index (Phi) is 8.39. The predicted octanol–water partition coefficient (Wildman–Crippen LogP) is 17.7. The van der Waals surface area contributed by atoms with Crippen LogP contribution in [-0.2, 0) is 23.7 Å². The molecule has 0 spiro atoms. The highest BCUT2D eigenvalue weighted by molar-refractivity contribution is 7.00. The second-order valence-electron chi connectivity index (χ2n) is 21.1. The summed E-state index contributed by atoms with van der Waals surface area (Å²) in [7, 11) is 0. The molecule has 0 N–H and O–H groups in total. The lowest BCUT2D eigenvalue weighted by Gasteiger charge is -2.46. The molecule has 0 amide bonds. The average molecular weight is 967 g/mol. The zero-order valence-electron chi connectivity index (χ0n) is 60.9. The fraction of sp³-hybridized carbons (Fsp3) is 0.229. The first-order valence-corrected chi connectivity index (χ1v) is 25.5. The summed E-state index contributed by atoms with van der Waals surface area (Å²) in [5.74, 6) is 0. The van der Waals surface area contributed by atoms with Crippen molar-refractivity contribution in [3.8, 4) is 44.5 Å². The predicted molar refractivity (Wildman–Crippen MR) is 317 cm³/mol. The van der Waals surface area contributed by atoms with E-state index in [1.165, 1.54) is 0 Å². The van der Waals surface area contributed by atoms with E-state index in [0.717, 1.165) is 29.5 Å². The molecule has 9 aromatic rings. The Morgan fingerprint density at radius 1 is 0.425 bits per heavy atom. The highest BCUT2D eigenvalue weighted by Crippen LogP contribution is 2.52. The van der Waals surface area contributed by atoms with Crippen molar-refractivity contribution in [2.75, 3.05) is 9.80 Å². The Bertz CT molecular complexity index is 4370. The van der Waals surface area contributed by atoms with Gasteiger partial charge in [0.1, 0.15) is 0 Å². The molecular weight excluding hydrogens is 880 g/mol. The minimum absolute atomic E-state index is 0.0780. The molecule has 11 rings (SSSR count). The quantitative estimate of drug-likeness (QED) is 0.113. The Balaban J connectivity index is 1.50. The van der Waals surface area contributed by atoms with E-state index in [9.17, 15) is 16.4 Å². The molecule has 0 saturated carbocycles. The number of anilines is 6. The first-order valence-electron chi connectivity index (χ1n) is 34.5. The molecule has 0 aromatic heterocycles. The van der Waals surface area contributed by atoms with Gasteiger partial charge in [-0.05, 0) is 133 Å². The Morgan fingerprint density at radius 2 is 0.863 bits per heavy atom. The Labute approximate surface area is 461 Å². The maximum atomic E-state index is 11.0. The van der Waals surface area contributed by atoms with Gasteiger partial charge in [-0.2, -0.15) is 0 Å². The minimum Gasteiger partial charge on any atom is -0.311 e. The third kappa shape index (κ3) is 8.92. The van der Waals surface area contributed by atoms with Crippen molar-refractivity contribution < 1.29 is 24.7 Å². The molecule has 2 aliphatic rings. The molecule has 2 aliphatic heterocycles. The number of rotatable bonds is 12. The van der Waals surface area contributed by atoms with Gasteiger partial charge in [0.2, 0.25) is 0 Å². The van der Waals surface area contributed by atoms with Crippen LogP contribution in [0.1, 0.15) is 128 Å². The number of unbranched alkanes of at least 4 members (excludes halogenated alkanes) is 2. The molecule has 0 bridgehead atoms. The lowest BCUT2D eigenvalue weighted by molar-refractivity contribution is 0.587. The van der Waals surface area contributed by atoms with Gasteiger partial charge in [-0.25, -0.2) is 0 Å². The van der Waals surface area contributed by atoms with Crippen LogP contribution in [-0.4, -0.2) is 6.71 Å². The Morgan fingerprint density at radius 3 is 1.29 bits per heavy atom. The number of para-hydroxylation sites is 1. The molecule has 0 aliphatic carbocycles. The van der Waals surface area contributed by atoms with Crippen LogP contribution in [0.25, 0.3) is 44.5 Å². The number of aryl methyl sites for hydroxylation is 2. The lowest BCUT2D eigenvalue weighted by atomic mass is 9.33. The van der Waals surface area contributed by atoms with Crippen LogP contribution in [0.15, 0.2) is 200 Å². The fourth-order valence-corrected chi connectivity index (χ4v) is 10.3. The van der Waals surface area contributed by atoms with E-state index in [1.54, 1.807) is 9.80 Å². The standard InChI is InChI=1S/C70H69BN2/c1-9-11-26-54-42-56(69(3,4)5)43-55(27-12-10-2)67(54)72-62-40-38-52(48-28-17-13-18-29-48)44-60(62)71-61-45-53(49-30-19-14-20-31-49)39-41-63(61)73(65-47-57(70(6,7)8)46-64(72)66(65)71)68-58(50-32-21-15-22-33-50)36-25-37-59(68)51-34-23-16-24-35-51/h13-25,28-47H,9-12,26-27H2,1-8H3/i13D,14D,17D,18D,19D,20D,28D,29D,30D,31D,38D,39D,40D,41D,44D,45D,46D,47D. The van der Waals surface area contributed by atoms with Crippen molar-refractivity contribution in [2.24, 2.45) is 0 Å². The van der Waals surface area contributed by atoms with Gasteiger partial charge in [0.15, 0.2) is 0 Å². The third-order valence-electron chi connectivity index (χ3n) is 14.0. The van der Waals surface area contributed by atoms with E-state index >= 15 is 0 Å². The summed E-state index contributed by atoms with van der Waals surface area (Å²) in [4.78, 5) is 3.50. The highest BCUT2D eigenvalue weighted by Gasteiger charge is 2.46. The third-order valence-corrected chi connectivity index (χ3v) is 14.0. The molecule has 2 heterocycles. The van der Waals surface area contributed by atoms with E-state index in [2.05, 4.69) is 46.8 Å². The number of hydrogen-bond acceptors (Lipinski definition) is 2. The van der Waals surface area contributed by atoms with Gasteiger partial charge < -0.3 is 9.80 Å². The summed E-state index contributed by atoms with van der Waals surface area (Å²) < 4.78 is 176. The first-order chi connectivity index (χ1) is 42.9. The highest BCUT2D eigenvalue weighted by atomic mass is 15.2. The van der Waals surface area contributed by atoms with Crippen LogP contribution in [0, 0.1) is 0 Å². The second kappa shape index (κ2) is 19.6. The molecular formula is C70H69BN2. The van der Waals surface area contributed by atoms with Crippen molar-refractivity contribution in [3.05, 3.63) is 222 Å². The minimum atomic E-state index is -1.68.